The van der Waals surface area contributed by atoms with Crippen LogP contribution in [0.15, 0.2) is 297 Å². The van der Waals surface area contributed by atoms with Crippen LogP contribution in [0.25, 0.3) is 99.4 Å². The summed E-state index contributed by atoms with van der Waals surface area (Å²) in [5, 5.41) is 5.10. The van der Waals surface area contributed by atoms with Gasteiger partial charge in [-0.15, -0.1) is 0 Å². The molecule has 15 rings (SSSR count). The minimum Gasteiger partial charge on any atom is -0.310 e. The molecule has 0 aromatic heterocycles. The van der Waals surface area contributed by atoms with Crippen molar-refractivity contribution in [1.29, 1.82) is 0 Å². The Kier molecular flexibility index (Phi) is 10.2. The fourth-order valence-electron chi connectivity index (χ4n) is 13.1. The number of anilines is 3. The van der Waals surface area contributed by atoms with Gasteiger partial charge in [-0.05, 0) is 164 Å². The predicted molar refractivity (Wildman–Crippen MR) is 320 cm³/mol. The fraction of sp³-hybridized carbons (Fsp3) is 0.0133. The summed E-state index contributed by atoms with van der Waals surface area (Å²) in [5.74, 6) is 0. The minimum atomic E-state index is -0.696. The van der Waals surface area contributed by atoms with E-state index in [0.717, 1.165) is 17.1 Å². The summed E-state index contributed by atoms with van der Waals surface area (Å²) in [5.41, 5.74) is 25.1. The molecule has 1 nitrogen and oxygen atoms in total. The summed E-state index contributed by atoms with van der Waals surface area (Å²) >= 11 is 0. The Hall–Kier alpha value is -9.82. The number of hydrogen-bond acceptors (Lipinski definition) is 1. The lowest BCUT2D eigenvalue weighted by atomic mass is 9.67. The first kappa shape index (κ1) is 43.7. The summed E-state index contributed by atoms with van der Waals surface area (Å²) in [6.45, 7) is 0. The molecule has 76 heavy (non-hydrogen) atoms. The van der Waals surface area contributed by atoms with E-state index in [4.69, 9.17) is 0 Å². The predicted octanol–water partition coefficient (Wildman–Crippen LogP) is 20.1. The van der Waals surface area contributed by atoms with Gasteiger partial charge in [0.05, 0.1) is 5.41 Å². The number of benzene rings is 13. The minimum absolute atomic E-state index is 0.696. The van der Waals surface area contributed by atoms with Crippen molar-refractivity contribution in [2.24, 2.45) is 0 Å². The van der Waals surface area contributed by atoms with Crippen molar-refractivity contribution in [2.75, 3.05) is 4.90 Å². The van der Waals surface area contributed by atoms with Crippen LogP contribution >= 0.6 is 0 Å². The Balaban J connectivity index is 1.03. The molecule has 0 fully saturated rings. The van der Waals surface area contributed by atoms with Crippen LogP contribution in [0.2, 0.25) is 0 Å². The second kappa shape index (κ2) is 17.7. The molecule has 0 heterocycles. The van der Waals surface area contributed by atoms with Gasteiger partial charge >= 0.3 is 0 Å². The lowest BCUT2D eigenvalue weighted by Gasteiger charge is -2.35. The summed E-state index contributed by atoms with van der Waals surface area (Å²) < 4.78 is 0. The highest BCUT2D eigenvalue weighted by atomic mass is 15.1. The second-order valence-electron chi connectivity index (χ2n) is 20.2. The molecule has 0 saturated heterocycles. The number of nitrogens with zero attached hydrogens (tertiary/aromatic N) is 1. The number of rotatable bonds is 9. The summed E-state index contributed by atoms with van der Waals surface area (Å²) in [4.78, 5) is 2.44. The summed E-state index contributed by atoms with van der Waals surface area (Å²) in [7, 11) is 0. The molecule has 0 saturated carbocycles. The van der Waals surface area contributed by atoms with E-state index in [1.54, 1.807) is 0 Å². The second-order valence-corrected chi connectivity index (χ2v) is 20.2. The van der Waals surface area contributed by atoms with Crippen LogP contribution in [0.1, 0.15) is 22.3 Å². The van der Waals surface area contributed by atoms with Crippen molar-refractivity contribution >= 4 is 38.6 Å². The summed E-state index contributed by atoms with van der Waals surface area (Å²) in [6, 6.07) is 110. The largest absolute Gasteiger partial charge is 0.310 e. The van der Waals surface area contributed by atoms with Crippen molar-refractivity contribution in [3.05, 3.63) is 320 Å². The zero-order valence-electron chi connectivity index (χ0n) is 41.7. The Morgan fingerprint density at radius 3 is 1.11 bits per heavy atom. The van der Waals surface area contributed by atoms with Crippen molar-refractivity contribution in [3.8, 4) is 77.9 Å². The first-order valence-corrected chi connectivity index (χ1v) is 26.4. The Labute approximate surface area is 443 Å². The Bertz CT molecular complexity index is 4200. The summed E-state index contributed by atoms with van der Waals surface area (Å²) in [6.07, 6.45) is 0. The Morgan fingerprint density at radius 1 is 0.224 bits per heavy atom. The van der Waals surface area contributed by atoms with Gasteiger partial charge in [-0.3, -0.25) is 0 Å². The molecule has 13 aromatic carbocycles. The number of hydrogen-bond donors (Lipinski definition) is 0. The van der Waals surface area contributed by atoms with E-state index in [1.165, 1.54) is 122 Å². The van der Waals surface area contributed by atoms with E-state index in [-0.39, 0.29) is 0 Å². The van der Waals surface area contributed by atoms with Crippen LogP contribution in [0, 0.1) is 0 Å². The Morgan fingerprint density at radius 2 is 0.618 bits per heavy atom. The van der Waals surface area contributed by atoms with Crippen LogP contribution < -0.4 is 4.90 Å². The van der Waals surface area contributed by atoms with E-state index < -0.39 is 5.41 Å². The van der Waals surface area contributed by atoms with E-state index in [0.29, 0.717) is 0 Å². The maximum atomic E-state index is 2.62. The molecular formula is C75H49N. The third-order valence-electron chi connectivity index (χ3n) is 16.3. The molecule has 0 bridgehead atoms. The smallest absolute Gasteiger partial charge is 0.0714 e. The van der Waals surface area contributed by atoms with Crippen molar-refractivity contribution in [2.45, 2.75) is 5.41 Å². The molecule has 2 aliphatic rings. The van der Waals surface area contributed by atoms with Crippen LogP contribution in [0.5, 0.6) is 0 Å². The first-order valence-electron chi connectivity index (χ1n) is 26.4. The molecular weight excluding hydrogens is 915 g/mol. The van der Waals surface area contributed by atoms with Crippen molar-refractivity contribution in [1.82, 2.24) is 0 Å². The molecule has 0 unspecified atom stereocenters. The molecule has 2 aliphatic carbocycles. The zero-order chi connectivity index (χ0) is 50.2. The molecule has 0 amide bonds. The van der Waals surface area contributed by atoms with Gasteiger partial charge < -0.3 is 4.90 Å². The molecule has 0 N–H and O–H groups in total. The molecule has 0 atom stereocenters. The first-order chi connectivity index (χ1) is 37.7. The van der Waals surface area contributed by atoms with Crippen molar-refractivity contribution in [3.63, 3.8) is 0 Å². The average Bonchev–Trinajstić information content (AvgIpc) is 4.22. The third-order valence-corrected chi connectivity index (χ3v) is 16.3. The SMILES string of the molecule is c1ccc(-c2ccc(N(c3ccc(-c4ccccc4)cc3)c3ccc4c(c3)C(c3ccccc3)(c3ccccc3)c3cc5c6c(cccc6c3-4)-c3c-5c(-c4ccccc4)c4ccccc4c3-c3ccccc3)cc2)cc1. The van der Waals surface area contributed by atoms with Crippen molar-refractivity contribution < 1.29 is 0 Å². The highest BCUT2D eigenvalue weighted by molar-refractivity contribution is 6.29. The highest BCUT2D eigenvalue weighted by Crippen LogP contribution is 2.64. The van der Waals surface area contributed by atoms with Gasteiger partial charge in [-0.2, -0.15) is 0 Å². The third kappa shape index (κ3) is 6.66. The van der Waals surface area contributed by atoms with E-state index in [9.17, 15) is 0 Å². The molecule has 0 spiro atoms. The standard InChI is InChI=1S/C75H49N/c1-7-22-50(23-8-1)52-38-42-58(43-39-52)76(59-44-40-53(41-45-59)51-24-9-2-10-25-51)60-46-47-63-67(48-60)75(56-30-15-5-16-31-56,57-32-17-6-18-33-57)68-49-66-71-64(72(63)68)36-21-37-65(71)73-69(54-26-11-3-12-27-54)61-34-19-20-35-62(61)70(74(66)73)55-28-13-4-14-29-55/h1-49H. The molecule has 0 radical (unpaired) electrons. The van der Waals surface area contributed by atoms with E-state index >= 15 is 0 Å². The van der Waals surface area contributed by atoms with Gasteiger partial charge in [0.1, 0.15) is 0 Å². The molecule has 13 aromatic rings. The molecule has 354 valence electrons. The quantitative estimate of drug-likeness (QED) is 0.139. The lowest BCUT2D eigenvalue weighted by Crippen LogP contribution is -2.29. The van der Waals surface area contributed by atoms with Gasteiger partial charge in [0.25, 0.3) is 0 Å². The van der Waals surface area contributed by atoms with Gasteiger partial charge in [-0.25, -0.2) is 0 Å². The zero-order valence-corrected chi connectivity index (χ0v) is 41.7. The van der Waals surface area contributed by atoms with Crippen LogP contribution in [-0.2, 0) is 5.41 Å². The van der Waals surface area contributed by atoms with E-state index in [1.807, 2.05) is 0 Å². The van der Waals surface area contributed by atoms with Gasteiger partial charge in [0.15, 0.2) is 0 Å². The van der Waals surface area contributed by atoms with Crippen LogP contribution in [0.3, 0.4) is 0 Å². The fourth-order valence-corrected chi connectivity index (χ4v) is 13.1. The van der Waals surface area contributed by atoms with Gasteiger partial charge in [0.2, 0.25) is 0 Å². The van der Waals surface area contributed by atoms with Gasteiger partial charge in [0, 0.05) is 17.1 Å². The van der Waals surface area contributed by atoms with Crippen LogP contribution in [-0.4, -0.2) is 0 Å². The molecule has 0 aliphatic heterocycles. The van der Waals surface area contributed by atoms with Crippen LogP contribution in [0.4, 0.5) is 17.1 Å². The maximum Gasteiger partial charge on any atom is 0.0714 e. The monoisotopic (exact) mass is 963 g/mol. The lowest BCUT2D eigenvalue weighted by molar-refractivity contribution is 0.769. The number of fused-ring (bicyclic) bond motifs is 8. The molecule has 1 heteroatoms. The van der Waals surface area contributed by atoms with Gasteiger partial charge in [-0.1, -0.05) is 255 Å². The normalized spacial score (nSPS) is 12.6. The van der Waals surface area contributed by atoms with E-state index in [2.05, 4.69) is 302 Å². The topological polar surface area (TPSA) is 3.24 Å². The average molecular weight is 964 g/mol. The highest BCUT2D eigenvalue weighted by Gasteiger charge is 2.48. The maximum absolute atomic E-state index is 2.62.